The number of rotatable bonds is 7. The van der Waals surface area contributed by atoms with E-state index in [0.29, 0.717) is 41.4 Å². The van der Waals surface area contributed by atoms with Gasteiger partial charge in [-0.05, 0) is 25.0 Å². The molecule has 1 aliphatic carbocycles. The normalized spacial score (nSPS) is 13.8. The quantitative estimate of drug-likeness (QED) is 0.679. The molecule has 0 bridgehead atoms. The fraction of sp³-hybridized carbons (Fsp3) is 0.412. The predicted octanol–water partition coefficient (Wildman–Crippen LogP) is 4.93. The Morgan fingerprint density at radius 2 is 2.21 bits per heavy atom. The van der Waals surface area contributed by atoms with Crippen molar-refractivity contribution in [3.05, 3.63) is 44.3 Å². The molecular weight excluding hydrogens is 367 g/mol. The van der Waals surface area contributed by atoms with Gasteiger partial charge in [-0.25, -0.2) is 4.98 Å². The van der Waals surface area contributed by atoms with Gasteiger partial charge in [-0.3, -0.25) is 4.79 Å². The van der Waals surface area contributed by atoms with Crippen LogP contribution in [0.4, 0.5) is 0 Å². The van der Waals surface area contributed by atoms with Gasteiger partial charge in [0.1, 0.15) is 17.4 Å². The summed E-state index contributed by atoms with van der Waals surface area (Å²) in [6, 6.07) is 5.50. The standard InChI is InChI=1S/C17H18Cl2N2O2S/c1-2-17(22)21(13-4-5-13)8-12-10-24-16(20-12)9-23-15-7-11(18)3-6-14(15)19/h3,6-7,10,13H,2,4-5,8-9H2,1H3. The van der Waals surface area contributed by atoms with Crippen molar-refractivity contribution in [3.63, 3.8) is 0 Å². The number of benzene rings is 1. The molecule has 7 heteroatoms. The molecule has 1 aromatic carbocycles. The zero-order valence-corrected chi connectivity index (χ0v) is 15.6. The third-order valence-electron chi connectivity index (χ3n) is 3.79. The van der Waals surface area contributed by atoms with Gasteiger partial charge in [0.25, 0.3) is 0 Å². The maximum Gasteiger partial charge on any atom is 0.222 e. The Hall–Kier alpha value is -1.30. The first-order valence-corrected chi connectivity index (χ1v) is 9.51. The molecular formula is C17H18Cl2N2O2S. The van der Waals surface area contributed by atoms with Gasteiger partial charge < -0.3 is 9.64 Å². The van der Waals surface area contributed by atoms with Crippen molar-refractivity contribution in [3.8, 4) is 5.75 Å². The van der Waals surface area contributed by atoms with Crippen LogP contribution in [0.3, 0.4) is 0 Å². The molecule has 1 aromatic heterocycles. The molecule has 1 saturated carbocycles. The Morgan fingerprint density at radius 3 is 2.92 bits per heavy atom. The monoisotopic (exact) mass is 384 g/mol. The lowest BCUT2D eigenvalue weighted by Gasteiger charge is -2.20. The smallest absolute Gasteiger partial charge is 0.222 e. The maximum absolute atomic E-state index is 12.0. The summed E-state index contributed by atoms with van der Waals surface area (Å²) in [5.41, 5.74) is 0.907. The summed E-state index contributed by atoms with van der Waals surface area (Å²) >= 11 is 13.6. The first kappa shape index (κ1) is 17.5. The maximum atomic E-state index is 12.0. The van der Waals surface area contributed by atoms with Gasteiger partial charge in [0.05, 0.1) is 17.3 Å². The van der Waals surface area contributed by atoms with E-state index in [2.05, 4.69) is 4.98 Å². The lowest BCUT2D eigenvalue weighted by Crippen LogP contribution is -2.32. The Bertz CT molecular complexity index is 731. The topological polar surface area (TPSA) is 42.4 Å². The zero-order valence-electron chi connectivity index (χ0n) is 13.3. The van der Waals surface area contributed by atoms with Crippen molar-refractivity contribution in [2.24, 2.45) is 0 Å². The first-order valence-electron chi connectivity index (χ1n) is 7.87. The number of carbonyl (C=O) groups is 1. The fourth-order valence-corrected chi connectivity index (χ4v) is 3.43. The third-order valence-corrected chi connectivity index (χ3v) is 5.20. The van der Waals surface area contributed by atoms with Crippen LogP contribution in [0.5, 0.6) is 5.75 Å². The molecule has 1 fully saturated rings. The number of hydrogen-bond acceptors (Lipinski definition) is 4. The minimum atomic E-state index is 0.189. The second-order valence-electron chi connectivity index (χ2n) is 5.70. The highest BCUT2D eigenvalue weighted by molar-refractivity contribution is 7.09. The molecule has 2 aromatic rings. The van der Waals surface area contributed by atoms with Gasteiger partial charge in [0.15, 0.2) is 0 Å². The van der Waals surface area contributed by atoms with E-state index in [-0.39, 0.29) is 5.91 Å². The van der Waals surface area contributed by atoms with E-state index < -0.39 is 0 Å². The molecule has 1 heterocycles. The van der Waals surface area contributed by atoms with Crippen LogP contribution in [0, 0.1) is 0 Å². The van der Waals surface area contributed by atoms with E-state index in [1.54, 1.807) is 18.2 Å². The summed E-state index contributed by atoms with van der Waals surface area (Å²) in [5, 5.41) is 3.93. The molecule has 4 nitrogen and oxygen atoms in total. The van der Waals surface area contributed by atoms with Crippen LogP contribution in [0.15, 0.2) is 23.6 Å². The molecule has 0 unspecified atom stereocenters. The van der Waals surface area contributed by atoms with E-state index in [1.807, 2.05) is 17.2 Å². The number of nitrogens with zero attached hydrogens (tertiary/aromatic N) is 2. The van der Waals surface area contributed by atoms with Crippen molar-refractivity contribution < 1.29 is 9.53 Å². The van der Waals surface area contributed by atoms with Crippen molar-refractivity contribution >= 4 is 40.4 Å². The largest absolute Gasteiger partial charge is 0.485 e. The Balaban J connectivity index is 1.61. The van der Waals surface area contributed by atoms with E-state index in [0.717, 1.165) is 23.5 Å². The summed E-state index contributed by atoms with van der Waals surface area (Å²) in [5.74, 6) is 0.732. The molecule has 24 heavy (non-hydrogen) atoms. The molecule has 1 aliphatic rings. The molecule has 3 rings (SSSR count). The van der Waals surface area contributed by atoms with E-state index in [4.69, 9.17) is 27.9 Å². The van der Waals surface area contributed by atoms with Gasteiger partial charge in [0, 0.05) is 28.9 Å². The molecule has 128 valence electrons. The second kappa shape index (κ2) is 7.72. The van der Waals surface area contributed by atoms with Crippen LogP contribution in [0.2, 0.25) is 10.0 Å². The molecule has 0 saturated heterocycles. The van der Waals surface area contributed by atoms with Crippen LogP contribution in [-0.2, 0) is 17.9 Å². The molecule has 1 amide bonds. The SMILES string of the molecule is CCC(=O)N(Cc1csc(COc2cc(Cl)ccc2Cl)n1)C1CC1. The van der Waals surface area contributed by atoms with Crippen molar-refractivity contribution in [1.82, 2.24) is 9.88 Å². The Kier molecular flexibility index (Phi) is 5.64. The van der Waals surface area contributed by atoms with Crippen LogP contribution < -0.4 is 4.74 Å². The summed E-state index contributed by atoms with van der Waals surface area (Å²) in [6.07, 6.45) is 2.72. The van der Waals surface area contributed by atoms with Crippen LogP contribution in [0.1, 0.15) is 36.9 Å². The number of ether oxygens (including phenoxy) is 1. The average molecular weight is 385 g/mol. The lowest BCUT2D eigenvalue weighted by atomic mass is 10.3. The highest BCUT2D eigenvalue weighted by Crippen LogP contribution is 2.30. The molecule has 0 radical (unpaired) electrons. The van der Waals surface area contributed by atoms with Crippen LogP contribution in [0.25, 0.3) is 0 Å². The summed E-state index contributed by atoms with van der Waals surface area (Å²) in [4.78, 5) is 18.5. The van der Waals surface area contributed by atoms with E-state index in [9.17, 15) is 4.79 Å². The van der Waals surface area contributed by atoms with Gasteiger partial charge >= 0.3 is 0 Å². The summed E-state index contributed by atoms with van der Waals surface area (Å²) in [7, 11) is 0. The average Bonchev–Trinajstić information content (AvgIpc) is 3.32. The van der Waals surface area contributed by atoms with Crippen molar-refractivity contribution in [2.75, 3.05) is 0 Å². The molecule has 0 aliphatic heterocycles. The zero-order chi connectivity index (χ0) is 17.1. The van der Waals surface area contributed by atoms with Gasteiger partial charge in [-0.15, -0.1) is 11.3 Å². The highest BCUT2D eigenvalue weighted by atomic mass is 35.5. The highest BCUT2D eigenvalue weighted by Gasteiger charge is 2.32. The molecule has 0 N–H and O–H groups in total. The third kappa shape index (κ3) is 4.41. The number of halogens is 2. The van der Waals surface area contributed by atoms with Crippen molar-refractivity contribution in [1.29, 1.82) is 0 Å². The number of thiazole rings is 1. The fourth-order valence-electron chi connectivity index (χ4n) is 2.40. The van der Waals surface area contributed by atoms with Gasteiger partial charge in [-0.1, -0.05) is 30.1 Å². The van der Waals surface area contributed by atoms with E-state index in [1.165, 1.54) is 11.3 Å². The van der Waals surface area contributed by atoms with Gasteiger partial charge in [-0.2, -0.15) is 0 Å². The Morgan fingerprint density at radius 1 is 1.42 bits per heavy atom. The minimum Gasteiger partial charge on any atom is -0.485 e. The van der Waals surface area contributed by atoms with Crippen LogP contribution >= 0.6 is 34.5 Å². The Labute approximate surface area is 155 Å². The molecule has 0 atom stereocenters. The molecule has 0 spiro atoms. The minimum absolute atomic E-state index is 0.189. The van der Waals surface area contributed by atoms with Gasteiger partial charge in [0.2, 0.25) is 5.91 Å². The van der Waals surface area contributed by atoms with Crippen LogP contribution in [-0.4, -0.2) is 21.8 Å². The van der Waals surface area contributed by atoms with E-state index >= 15 is 0 Å². The number of hydrogen-bond donors (Lipinski definition) is 0. The number of carbonyl (C=O) groups excluding carboxylic acids is 1. The number of aromatic nitrogens is 1. The lowest BCUT2D eigenvalue weighted by molar-refractivity contribution is -0.132. The summed E-state index contributed by atoms with van der Waals surface area (Å²) in [6.45, 7) is 2.80. The predicted molar refractivity (Wildman–Crippen MR) is 96.8 cm³/mol. The first-order chi connectivity index (χ1) is 11.6. The second-order valence-corrected chi connectivity index (χ2v) is 7.49. The number of amides is 1. The summed E-state index contributed by atoms with van der Waals surface area (Å²) < 4.78 is 5.70. The van der Waals surface area contributed by atoms with Crippen molar-refractivity contribution in [2.45, 2.75) is 45.4 Å².